The highest BCUT2D eigenvalue weighted by atomic mass is 16.2. The van der Waals surface area contributed by atoms with Crippen LogP contribution in [0.1, 0.15) is 16.1 Å². The molecule has 7 heteroatoms. The maximum absolute atomic E-state index is 12.9. The Labute approximate surface area is 155 Å². The molecule has 0 aliphatic heterocycles. The highest BCUT2D eigenvalue weighted by Gasteiger charge is 2.26. The molecule has 0 spiro atoms. The zero-order valence-corrected chi connectivity index (χ0v) is 14.9. The molecular formula is C20H17N5O2. The van der Waals surface area contributed by atoms with E-state index in [1.54, 1.807) is 73.3 Å². The number of aromatic nitrogens is 2. The molecule has 0 atom stereocenters. The van der Waals surface area contributed by atoms with Crippen molar-refractivity contribution in [1.29, 1.82) is 5.26 Å². The standard InChI is InChI=1S/C20H17N5O2/c1-14-18(20(27)25(24(14)2)16-11-7-4-8-12-16)19(26)17(13-21)23-22-15-9-5-3-6-10-15/h3-12,22H,1-2H3. The maximum Gasteiger partial charge on any atom is 0.283 e. The van der Waals surface area contributed by atoms with Crippen LogP contribution in [0.25, 0.3) is 5.69 Å². The van der Waals surface area contributed by atoms with Gasteiger partial charge in [0.05, 0.1) is 11.4 Å². The third-order valence-electron chi connectivity index (χ3n) is 4.17. The van der Waals surface area contributed by atoms with E-state index in [0.29, 0.717) is 17.1 Å². The van der Waals surface area contributed by atoms with Crippen molar-refractivity contribution in [2.45, 2.75) is 6.92 Å². The minimum atomic E-state index is -0.714. The van der Waals surface area contributed by atoms with Gasteiger partial charge in [0, 0.05) is 12.7 Å². The molecule has 0 fully saturated rings. The topological polar surface area (TPSA) is 92.2 Å². The van der Waals surface area contributed by atoms with Crippen LogP contribution in [0.15, 0.2) is 70.6 Å². The summed E-state index contributed by atoms with van der Waals surface area (Å²) in [4.78, 5) is 25.7. The molecule has 0 aliphatic rings. The van der Waals surface area contributed by atoms with Gasteiger partial charge in [0.2, 0.25) is 11.5 Å². The second kappa shape index (κ2) is 7.54. The summed E-state index contributed by atoms with van der Waals surface area (Å²) in [5, 5.41) is 13.2. The maximum atomic E-state index is 12.9. The summed E-state index contributed by atoms with van der Waals surface area (Å²) in [5.41, 5.74) is 3.43. The molecule has 134 valence electrons. The fraction of sp³-hybridized carbons (Fsp3) is 0.100. The van der Waals surface area contributed by atoms with E-state index >= 15 is 0 Å². The van der Waals surface area contributed by atoms with Gasteiger partial charge in [-0.3, -0.25) is 19.7 Å². The molecule has 7 nitrogen and oxygen atoms in total. The van der Waals surface area contributed by atoms with Crippen molar-refractivity contribution in [2.24, 2.45) is 12.1 Å². The van der Waals surface area contributed by atoms with Gasteiger partial charge in [0.25, 0.3) is 5.56 Å². The SMILES string of the molecule is Cc1c(C(=O)C(C#N)=NNc2ccccc2)c(=O)n(-c2ccccc2)n1C. The Bertz CT molecular complexity index is 1100. The van der Waals surface area contributed by atoms with Gasteiger partial charge in [0.15, 0.2) is 0 Å². The number of nitriles is 1. The molecule has 0 saturated heterocycles. The number of Topliss-reactive ketones (excluding diaryl/α,β-unsaturated/α-hetero) is 1. The molecule has 0 saturated carbocycles. The van der Waals surface area contributed by atoms with E-state index in [4.69, 9.17) is 0 Å². The number of rotatable bonds is 5. The van der Waals surface area contributed by atoms with Gasteiger partial charge in [-0.1, -0.05) is 36.4 Å². The van der Waals surface area contributed by atoms with Crippen LogP contribution in [-0.4, -0.2) is 20.9 Å². The number of nitrogens with one attached hydrogen (secondary N) is 1. The van der Waals surface area contributed by atoms with Crippen LogP contribution in [0.4, 0.5) is 5.69 Å². The lowest BCUT2D eigenvalue weighted by molar-refractivity contribution is 0.106. The lowest BCUT2D eigenvalue weighted by atomic mass is 10.1. The van der Waals surface area contributed by atoms with E-state index in [0.717, 1.165) is 0 Å². The fourth-order valence-electron chi connectivity index (χ4n) is 2.71. The van der Waals surface area contributed by atoms with Crippen LogP contribution >= 0.6 is 0 Å². The number of ketones is 1. The molecule has 1 heterocycles. The van der Waals surface area contributed by atoms with Crippen LogP contribution in [0, 0.1) is 18.3 Å². The summed E-state index contributed by atoms with van der Waals surface area (Å²) in [6.45, 7) is 1.66. The van der Waals surface area contributed by atoms with Crippen LogP contribution < -0.4 is 11.0 Å². The Balaban J connectivity index is 2.02. The van der Waals surface area contributed by atoms with E-state index < -0.39 is 11.3 Å². The summed E-state index contributed by atoms with van der Waals surface area (Å²) < 4.78 is 2.98. The van der Waals surface area contributed by atoms with Crippen molar-refractivity contribution >= 4 is 17.2 Å². The summed E-state index contributed by atoms with van der Waals surface area (Å²) in [6.07, 6.45) is 0. The predicted molar refractivity (Wildman–Crippen MR) is 103 cm³/mol. The highest BCUT2D eigenvalue weighted by molar-refractivity contribution is 6.51. The molecular weight excluding hydrogens is 342 g/mol. The first-order chi connectivity index (χ1) is 13.0. The molecule has 3 aromatic rings. The van der Waals surface area contributed by atoms with E-state index in [1.807, 2.05) is 12.1 Å². The van der Waals surface area contributed by atoms with Crippen molar-refractivity contribution in [3.63, 3.8) is 0 Å². The van der Waals surface area contributed by atoms with Gasteiger partial charge >= 0.3 is 0 Å². The summed E-state index contributed by atoms with van der Waals surface area (Å²) in [6, 6.07) is 19.7. The van der Waals surface area contributed by atoms with E-state index in [9.17, 15) is 14.9 Å². The Hall–Kier alpha value is -3.92. The number of carbonyl (C=O) groups is 1. The van der Waals surface area contributed by atoms with Crippen molar-refractivity contribution in [3.8, 4) is 11.8 Å². The molecule has 27 heavy (non-hydrogen) atoms. The second-order valence-corrected chi connectivity index (χ2v) is 5.82. The minimum absolute atomic E-state index is 0.0727. The van der Waals surface area contributed by atoms with Crippen LogP contribution in [0.2, 0.25) is 0 Å². The fourth-order valence-corrected chi connectivity index (χ4v) is 2.71. The minimum Gasteiger partial charge on any atom is -0.286 e. The number of hydrogen-bond donors (Lipinski definition) is 1. The monoisotopic (exact) mass is 359 g/mol. The van der Waals surface area contributed by atoms with Gasteiger partial charge in [-0.2, -0.15) is 10.4 Å². The number of benzene rings is 2. The van der Waals surface area contributed by atoms with Gasteiger partial charge in [-0.25, -0.2) is 4.68 Å². The zero-order chi connectivity index (χ0) is 19.4. The van der Waals surface area contributed by atoms with Crippen LogP contribution in [0.5, 0.6) is 0 Å². The normalized spacial score (nSPS) is 11.1. The number of nitrogens with zero attached hydrogens (tertiary/aromatic N) is 4. The molecule has 1 N–H and O–H groups in total. The molecule has 0 radical (unpaired) electrons. The quantitative estimate of drug-likeness (QED) is 0.431. The lowest BCUT2D eigenvalue weighted by Gasteiger charge is -2.07. The van der Waals surface area contributed by atoms with Gasteiger partial charge < -0.3 is 0 Å². The van der Waals surface area contributed by atoms with Crippen molar-refractivity contribution in [2.75, 3.05) is 5.43 Å². The third-order valence-corrected chi connectivity index (χ3v) is 4.17. The van der Waals surface area contributed by atoms with E-state index in [2.05, 4.69) is 10.5 Å². The molecule has 2 aromatic carbocycles. The molecule has 0 bridgehead atoms. The molecule has 0 aliphatic carbocycles. The van der Waals surface area contributed by atoms with Crippen LogP contribution in [0.3, 0.4) is 0 Å². The number of hydrogen-bond acceptors (Lipinski definition) is 5. The zero-order valence-electron chi connectivity index (χ0n) is 14.9. The van der Waals surface area contributed by atoms with Crippen molar-refractivity contribution in [1.82, 2.24) is 9.36 Å². The number of hydrazone groups is 1. The van der Waals surface area contributed by atoms with Crippen LogP contribution in [-0.2, 0) is 7.05 Å². The van der Waals surface area contributed by atoms with Gasteiger partial charge in [0.1, 0.15) is 11.6 Å². The number of anilines is 1. The second-order valence-electron chi connectivity index (χ2n) is 5.82. The Morgan fingerprint density at radius 2 is 1.67 bits per heavy atom. The summed E-state index contributed by atoms with van der Waals surface area (Å²) in [7, 11) is 1.69. The van der Waals surface area contributed by atoms with E-state index in [1.165, 1.54) is 4.68 Å². The number of para-hydroxylation sites is 2. The first kappa shape index (κ1) is 17.9. The third kappa shape index (κ3) is 3.41. The summed E-state index contributed by atoms with van der Waals surface area (Å²) in [5.74, 6) is -0.714. The smallest absolute Gasteiger partial charge is 0.283 e. The average Bonchev–Trinajstić information content (AvgIpc) is 2.92. The molecule has 3 rings (SSSR count). The van der Waals surface area contributed by atoms with Crippen molar-refractivity contribution in [3.05, 3.63) is 82.3 Å². The highest BCUT2D eigenvalue weighted by Crippen LogP contribution is 2.12. The molecule has 1 aromatic heterocycles. The first-order valence-electron chi connectivity index (χ1n) is 8.22. The summed E-state index contributed by atoms with van der Waals surface area (Å²) >= 11 is 0. The largest absolute Gasteiger partial charge is 0.286 e. The number of carbonyl (C=O) groups excluding carboxylic acids is 1. The lowest BCUT2D eigenvalue weighted by Crippen LogP contribution is -2.25. The Kier molecular flexibility index (Phi) is 4.99. The first-order valence-corrected chi connectivity index (χ1v) is 8.22. The van der Waals surface area contributed by atoms with Gasteiger partial charge in [-0.15, -0.1) is 0 Å². The molecule has 0 unspecified atom stereocenters. The Morgan fingerprint density at radius 1 is 1.07 bits per heavy atom. The predicted octanol–water partition coefficient (Wildman–Crippen LogP) is 2.66. The van der Waals surface area contributed by atoms with Crippen molar-refractivity contribution < 1.29 is 4.79 Å². The molecule has 0 amide bonds. The van der Waals surface area contributed by atoms with Gasteiger partial charge in [-0.05, 0) is 31.2 Å². The Morgan fingerprint density at radius 3 is 2.26 bits per heavy atom. The van der Waals surface area contributed by atoms with E-state index in [-0.39, 0.29) is 11.3 Å². The average molecular weight is 359 g/mol.